The summed E-state index contributed by atoms with van der Waals surface area (Å²) in [4.78, 5) is 26.5. The summed E-state index contributed by atoms with van der Waals surface area (Å²) in [6.07, 6.45) is -1.24. The van der Waals surface area contributed by atoms with Gasteiger partial charge in [0.05, 0.1) is 5.56 Å². The Morgan fingerprint density at radius 2 is 1.97 bits per heavy atom. The summed E-state index contributed by atoms with van der Waals surface area (Å²) in [5, 5.41) is 5.70. The molecule has 158 valence electrons. The largest absolute Gasteiger partial charge is 0.416 e. The third-order valence-electron chi connectivity index (χ3n) is 4.27. The minimum atomic E-state index is -4.45. The van der Waals surface area contributed by atoms with Crippen molar-refractivity contribution >= 4 is 17.2 Å². The van der Waals surface area contributed by atoms with Gasteiger partial charge in [-0.1, -0.05) is 17.3 Å². The van der Waals surface area contributed by atoms with E-state index in [9.17, 15) is 18.0 Å². The van der Waals surface area contributed by atoms with Gasteiger partial charge >= 0.3 is 6.18 Å². The van der Waals surface area contributed by atoms with Crippen LogP contribution in [0, 0.1) is 0 Å². The van der Waals surface area contributed by atoms with Gasteiger partial charge in [0.1, 0.15) is 17.2 Å². The molecule has 3 aromatic heterocycles. The standard InChI is InChI=1S/C20H14F3N5O2S/c1-28(10-16-26-17(27-30-16)13-5-3-7-24-9-13)19(29)15-11-31-18(25-15)12-4-2-6-14(8-12)20(21,22)23/h2-9,11H,10H2,1H3. The molecule has 0 radical (unpaired) electrons. The number of pyridine rings is 1. The maximum Gasteiger partial charge on any atom is 0.416 e. The molecule has 0 aliphatic heterocycles. The Balaban J connectivity index is 1.47. The Morgan fingerprint density at radius 3 is 2.71 bits per heavy atom. The predicted molar refractivity (Wildman–Crippen MR) is 106 cm³/mol. The Morgan fingerprint density at radius 1 is 1.16 bits per heavy atom. The van der Waals surface area contributed by atoms with Crippen LogP contribution in [0.3, 0.4) is 0 Å². The average molecular weight is 445 g/mol. The second kappa shape index (κ2) is 8.26. The Bertz CT molecular complexity index is 1210. The molecular weight excluding hydrogens is 431 g/mol. The summed E-state index contributed by atoms with van der Waals surface area (Å²) in [6, 6.07) is 8.34. The fraction of sp³-hybridized carbons (Fsp3) is 0.150. The fourth-order valence-corrected chi connectivity index (χ4v) is 3.53. The molecule has 0 aliphatic rings. The van der Waals surface area contributed by atoms with E-state index in [0.717, 1.165) is 23.5 Å². The molecule has 0 spiro atoms. The zero-order chi connectivity index (χ0) is 22.0. The summed E-state index contributed by atoms with van der Waals surface area (Å²) >= 11 is 1.09. The molecule has 1 amide bonds. The molecule has 0 aliphatic carbocycles. The molecule has 4 rings (SSSR count). The highest BCUT2D eigenvalue weighted by Gasteiger charge is 2.30. The second-order valence-corrected chi connectivity index (χ2v) is 7.39. The van der Waals surface area contributed by atoms with Crippen LogP contribution < -0.4 is 0 Å². The number of aromatic nitrogens is 4. The monoisotopic (exact) mass is 445 g/mol. The molecule has 0 unspecified atom stereocenters. The van der Waals surface area contributed by atoms with Crippen molar-refractivity contribution in [2.24, 2.45) is 0 Å². The number of nitrogens with zero attached hydrogens (tertiary/aromatic N) is 5. The van der Waals surface area contributed by atoms with Gasteiger partial charge in [0.25, 0.3) is 5.91 Å². The number of alkyl halides is 3. The van der Waals surface area contributed by atoms with Crippen LogP contribution in [0.5, 0.6) is 0 Å². The SMILES string of the molecule is CN(Cc1nc(-c2cccnc2)no1)C(=O)c1csc(-c2cccc(C(F)(F)F)c2)n1. The van der Waals surface area contributed by atoms with E-state index >= 15 is 0 Å². The van der Waals surface area contributed by atoms with E-state index in [1.165, 1.54) is 22.4 Å². The Hall–Kier alpha value is -3.60. The first-order valence-electron chi connectivity index (χ1n) is 8.93. The van der Waals surface area contributed by atoms with E-state index in [4.69, 9.17) is 4.52 Å². The van der Waals surface area contributed by atoms with Crippen molar-refractivity contribution in [3.8, 4) is 22.0 Å². The highest BCUT2D eigenvalue weighted by atomic mass is 32.1. The first-order chi connectivity index (χ1) is 14.8. The molecule has 0 N–H and O–H groups in total. The molecule has 1 aromatic carbocycles. The smallest absolute Gasteiger partial charge is 0.337 e. The molecule has 0 atom stereocenters. The highest BCUT2D eigenvalue weighted by molar-refractivity contribution is 7.13. The van der Waals surface area contributed by atoms with Crippen molar-refractivity contribution in [3.63, 3.8) is 0 Å². The van der Waals surface area contributed by atoms with Crippen molar-refractivity contribution in [2.75, 3.05) is 7.05 Å². The van der Waals surface area contributed by atoms with Crippen LogP contribution in [-0.4, -0.2) is 38.0 Å². The molecule has 4 aromatic rings. The first-order valence-corrected chi connectivity index (χ1v) is 9.81. The van der Waals surface area contributed by atoms with Crippen LogP contribution in [0.15, 0.2) is 58.7 Å². The lowest BCUT2D eigenvalue weighted by Crippen LogP contribution is -2.26. The van der Waals surface area contributed by atoms with Crippen LogP contribution in [-0.2, 0) is 12.7 Å². The van der Waals surface area contributed by atoms with Crippen molar-refractivity contribution in [1.29, 1.82) is 0 Å². The van der Waals surface area contributed by atoms with Crippen LogP contribution in [0.25, 0.3) is 22.0 Å². The first kappa shape index (κ1) is 20.7. The summed E-state index contributed by atoms with van der Waals surface area (Å²) in [5.41, 5.74) is 0.314. The van der Waals surface area contributed by atoms with Gasteiger partial charge < -0.3 is 9.42 Å². The van der Waals surface area contributed by atoms with Gasteiger partial charge in [0, 0.05) is 35.9 Å². The molecule has 31 heavy (non-hydrogen) atoms. The van der Waals surface area contributed by atoms with Gasteiger partial charge in [-0.15, -0.1) is 11.3 Å². The van der Waals surface area contributed by atoms with E-state index in [0.29, 0.717) is 22.0 Å². The number of carbonyl (C=O) groups excluding carboxylic acids is 1. The van der Waals surface area contributed by atoms with Crippen LogP contribution in [0.2, 0.25) is 0 Å². The van der Waals surface area contributed by atoms with Gasteiger partial charge in [-0.25, -0.2) is 4.98 Å². The van der Waals surface area contributed by atoms with Gasteiger partial charge in [-0.3, -0.25) is 9.78 Å². The molecule has 0 saturated heterocycles. The van der Waals surface area contributed by atoms with Gasteiger partial charge in [-0.2, -0.15) is 18.2 Å². The minimum Gasteiger partial charge on any atom is -0.337 e. The van der Waals surface area contributed by atoms with Crippen LogP contribution in [0.4, 0.5) is 13.2 Å². The lowest BCUT2D eigenvalue weighted by Gasteiger charge is -2.12. The van der Waals surface area contributed by atoms with E-state index in [2.05, 4.69) is 20.1 Å². The second-order valence-electron chi connectivity index (χ2n) is 6.53. The molecule has 0 bridgehead atoms. The molecule has 0 fully saturated rings. The topological polar surface area (TPSA) is 85.0 Å². The number of rotatable bonds is 5. The number of benzene rings is 1. The number of carbonyl (C=O) groups is 1. The molecule has 3 heterocycles. The molecule has 7 nitrogen and oxygen atoms in total. The molecule has 0 saturated carbocycles. The zero-order valence-corrected chi connectivity index (χ0v) is 16.8. The minimum absolute atomic E-state index is 0.0442. The lowest BCUT2D eigenvalue weighted by molar-refractivity contribution is -0.137. The van der Waals surface area contributed by atoms with Crippen molar-refractivity contribution in [1.82, 2.24) is 25.0 Å². The van der Waals surface area contributed by atoms with Gasteiger partial charge in [0.15, 0.2) is 0 Å². The third kappa shape index (κ3) is 4.61. The number of halogens is 3. The number of hydrogen-bond donors (Lipinski definition) is 0. The lowest BCUT2D eigenvalue weighted by atomic mass is 10.1. The Kier molecular flexibility index (Phi) is 5.51. The summed E-state index contributed by atoms with van der Waals surface area (Å²) in [6.45, 7) is 0.0442. The van der Waals surface area contributed by atoms with Crippen molar-refractivity contribution in [2.45, 2.75) is 12.7 Å². The normalized spacial score (nSPS) is 11.5. The zero-order valence-electron chi connectivity index (χ0n) is 16.0. The third-order valence-corrected chi connectivity index (χ3v) is 5.16. The quantitative estimate of drug-likeness (QED) is 0.448. The summed E-state index contributed by atoms with van der Waals surface area (Å²) in [7, 11) is 1.54. The van der Waals surface area contributed by atoms with E-state index in [1.54, 1.807) is 31.6 Å². The average Bonchev–Trinajstić information content (AvgIpc) is 3.43. The summed E-state index contributed by atoms with van der Waals surface area (Å²) < 4.78 is 44.0. The van der Waals surface area contributed by atoms with Crippen LogP contribution in [0.1, 0.15) is 21.9 Å². The number of hydrogen-bond acceptors (Lipinski definition) is 7. The van der Waals surface area contributed by atoms with E-state index in [1.807, 2.05) is 0 Å². The maximum absolute atomic E-state index is 12.9. The molecular formula is C20H14F3N5O2S. The van der Waals surface area contributed by atoms with Crippen molar-refractivity contribution in [3.05, 3.63) is 71.3 Å². The fourth-order valence-electron chi connectivity index (χ4n) is 2.73. The predicted octanol–water partition coefficient (Wildman–Crippen LogP) is 4.55. The van der Waals surface area contributed by atoms with Gasteiger partial charge in [0.2, 0.25) is 11.7 Å². The molecule has 11 heteroatoms. The highest BCUT2D eigenvalue weighted by Crippen LogP contribution is 2.33. The van der Waals surface area contributed by atoms with Gasteiger partial charge in [-0.05, 0) is 24.3 Å². The van der Waals surface area contributed by atoms with E-state index in [-0.39, 0.29) is 18.1 Å². The number of amides is 1. The summed E-state index contributed by atoms with van der Waals surface area (Å²) in [5.74, 6) is 0.156. The Labute approximate surface area is 178 Å². The van der Waals surface area contributed by atoms with E-state index < -0.39 is 17.6 Å². The number of thiazole rings is 1. The van der Waals surface area contributed by atoms with Crippen LogP contribution >= 0.6 is 11.3 Å². The van der Waals surface area contributed by atoms with Crippen molar-refractivity contribution < 1.29 is 22.5 Å². The maximum atomic E-state index is 12.9.